The normalized spacial score (nSPS) is 11.0. The average molecular weight is 386 g/mol. The van der Waals surface area contributed by atoms with Crippen molar-refractivity contribution in [1.29, 1.82) is 0 Å². The Hall–Kier alpha value is -2.47. The summed E-state index contributed by atoms with van der Waals surface area (Å²) in [5, 5.41) is 0.452. The van der Waals surface area contributed by atoms with Gasteiger partial charge in [-0.05, 0) is 48.7 Å². The second-order valence-corrected chi connectivity index (χ2v) is 7.43. The molecule has 6 heteroatoms. The molecular weight excluding hydrogens is 366 g/mol. The number of hydrogen-bond donors (Lipinski definition) is 0. The van der Waals surface area contributed by atoms with E-state index in [-0.39, 0.29) is 11.3 Å². The van der Waals surface area contributed by atoms with E-state index >= 15 is 0 Å². The number of benzene rings is 2. The summed E-state index contributed by atoms with van der Waals surface area (Å²) < 4.78 is 33.0. The number of aromatic nitrogens is 2. The first-order chi connectivity index (χ1) is 12.9. The topological polar surface area (TPSA) is 35.0 Å². The zero-order valence-corrected chi connectivity index (χ0v) is 16.2. The molecule has 0 aliphatic rings. The van der Waals surface area contributed by atoms with E-state index in [1.807, 2.05) is 25.1 Å². The minimum atomic E-state index is -0.466. The van der Waals surface area contributed by atoms with Gasteiger partial charge in [-0.25, -0.2) is 13.8 Å². The van der Waals surface area contributed by atoms with Crippen LogP contribution in [0, 0.1) is 18.6 Å². The molecular formula is C21H20F2N2OS. The number of thioether (sulfide) groups is 1. The largest absolute Gasteiger partial charge is 0.439 e. The number of hydrogen-bond acceptors (Lipinski definition) is 4. The van der Waals surface area contributed by atoms with Crippen molar-refractivity contribution in [2.24, 2.45) is 0 Å². The highest BCUT2D eigenvalue weighted by molar-refractivity contribution is 7.98. The minimum Gasteiger partial charge on any atom is -0.439 e. The fraction of sp³-hybridized carbons (Fsp3) is 0.238. The molecule has 0 spiro atoms. The number of ether oxygens (including phenoxy) is 1. The summed E-state index contributed by atoms with van der Waals surface area (Å²) in [5.74, 6) is 0.838. The van der Waals surface area contributed by atoms with Crippen molar-refractivity contribution in [2.75, 3.05) is 0 Å². The second kappa shape index (κ2) is 8.48. The molecule has 0 amide bonds. The first-order valence-electron chi connectivity index (χ1n) is 8.61. The van der Waals surface area contributed by atoms with Gasteiger partial charge in [0.05, 0.1) is 0 Å². The Morgan fingerprint density at radius 2 is 1.85 bits per heavy atom. The highest BCUT2D eigenvalue weighted by Gasteiger charge is 2.10. The summed E-state index contributed by atoms with van der Waals surface area (Å²) in [5.41, 5.74) is 2.19. The molecule has 0 bridgehead atoms. The maximum Gasteiger partial charge on any atom is 0.223 e. The van der Waals surface area contributed by atoms with Gasteiger partial charge in [-0.1, -0.05) is 37.7 Å². The predicted octanol–water partition coefficient (Wildman–Crippen LogP) is 6.27. The third-order valence-corrected chi connectivity index (χ3v) is 4.82. The molecule has 1 aromatic heterocycles. The van der Waals surface area contributed by atoms with E-state index in [1.165, 1.54) is 23.4 Å². The predicted molar refractivity (Wildman–Crippen MR) is 103 cm³/mol. The third kappa shape index (κ3) is 5.26. The van der Waals surface area contributed by atoms with Crippen molar-refractivity contribution >= 4 is 11.8 Å². The van der Waals surface area contributed by atoms with Gasteiger partial charge in [-0.3, -0.25) is 0 Å². The molecule has 0 atom stereocenters. The van der Waals surface area contributed by atoms with Gasteiger partial charge in [0, 0.05) is 23.1 Å². The van der Waals surface area contributed by atoms with Crippen LogP contribution in [0.3, 0.4) is 0 Å². The molecule has 0 saturated carbocycles. The van der Waals surface area contributed by atoms with Crippen molar-refractivity contribution < 1.29 is 13.5 Å². The molecule has 0 aliphatic heterocycles. The molecule has 2 aromatic carbocycles. The molecule has 3 rings (SSSR count). The van der Waals surface area contributed by atoms with Crippen molar-refractivity contribution in [2.45, 2.75) is 37.6 Å². The van der Waals surface area contributed by atoms with Crippen molar-refractivity contribution in [3.8, 4) is 11.6 Å². The monoisotopic (exact) mass is 386 g/mol. The minimum absolute atomic E-state index is 0.231. The lowest BCUT2D eigenvalue weighted by Gasteiger charge is -2.10. The summed E-state index contributed by atoms with van der Waals surface area (Å²) in [7, 11) is 0. The molecule has 0 N–H and O–H groups in total. The first-order valence-corrected chi connectivity index (χ1v) is 9.59. The van der Waals surface area contributed by atoms with Gasteiger partial charge in [0.25, 0.3) is 0 Å². The molecule has 3 nitrogen and oxygen atoms in total. The van der Waals surface area contributed by atoms with Crippen LogP contribution in [0.4, 0.5) is 8.78 Å². The van der Waals surface area contributed by atoms with Crippen LogP contribution in [0.5, 0.6) is 11.6 Å². The average Bonchev–Trinajstić information content (AvgIpc) is 2.62. The van der Waals surface area contributed by atoms with E-state index in [2.05, 4.69) is 29.9 Å². The van der Waals surface area contributed by atoms with E-state index in [0.29, 0.717) is 22.7 Å². The third-order valence-electron chi connectivity index (χ3n) is 3.92. The van der Waals surface area contributed by atoms with Crippen LogP contribution in [-0.2, 0) is 5.75 Å². The van der Waals surface area contributed by atoms with Crippen LogP contribution in [0.1, 0.15) is 36.6 Å². The van der Waals surface area contributed by atoms with Gasteiger partial charge in [-0.15, -0.1) is 0 Å². The molecule has 3 aromatic rings. The molecule has 0 fully saturated rings. The lowest BCUT2D eigenvalue weighted by molar-refractivity contribution is 0.453. The number of aryl methyl sites for hydroxylation is 1. The Kier molecular flexibility index (Phi) is 6.06. The van der Waals surface area contributed by atoms with Crippen LogP contribution in [-0.4, -0.2) is 9.97 Å². The summed E-state index contributed by atoms with van der Waals surface area (Å²) in [6.45, 7) is 6.08. The molecule has 0 saturated heterocycles. The smallest absolute Gasteiger partial charge is 0.223 e. The number of rotatable bonds is 6. The van der Waals surface area contributed by atoms with Crippen molar-refractivity contribution in [3.05, 3.63) is 77.0 Å². The van der Waals surface area contributed by atoms with Crippen molar-refractivity contribution in [1.82, 2.24) is 9.97 Å². The SMILES string of the molecule is Cc1cc(Oc2cccc(C(C)C)c2)nc(SCc2cc(F)ccc2F)n1. The Morgan fingerprint density at radius 3 is 2.63 bits per heavy atom. The van der Waals surface area contributed by atoms with E-state index in [1.54, 1.807) is 6.07 Å². The molecule has 140 valence electrons. The number of nitrogens with zero attached hydrogens (tertiary/aromatic N) is 2. The summed E-state index contributed by atoms with van der Waals surface area (Å²) in [6.07, 6.45) is 0. The van der Waals surface area contributed by atoms with E-state index in [0.717, 1.165) is 17.8 Å². The molecule has 0 aliphatic carbocycles. The zero-order chi connectivity index (χ0) is 19.4. The van der Waals surface area contributed by atoms with Gasteiger partial charge in [0.1, 0.15) is 17.4 Å². The molecule has 1 heterocycles. The Labute approximate surface area is 161 Å². The van der Waals surface area contributed by atoms with Gasteiger partial charge in [0.15, 0.2) is 5.16 Å². The van der Waals surface area contributed by atoms with Gasteiger partial charge in [0.2, 0.25) is 5.88 Å². The molecule has 0 unspecified atom stereocenters. The van der Waals surface area contributed by atoms with Crippen LogP contribution < -0.4 is 4.74 Å². The summed E-state index contributed by atoms with van der Waals surface area (Å²) >= 11 is 1.23. The fourth-order valence-corrected chi connectivity index (χ4v) is 3.35. The Morgan fingerprint density at radius 1 is 1.04 bits per heavy atom. The van der Waals surface area contributed by atoms with Crippen LogP contribution in [0.2, 0.25) is 0 Å². The maximum absolute atomic E-state index is 13.8. The lowest BCUT2D eigenvalue weighted by Crippen LogP contribution is -1.97. The fourth-order valence-electron chi connectivity index (χ4n) is 2.48. The van der Waals surface area contributed by atoms with E-state index in [9.17, 15) is 8.78 Å². The highest BCUT2D eigenvalue weighted by atomic mass is 32.2. The first kappa shape index (κ1) is 19.3. The standard InChI is InChI=1S/C21H20F2N2OS/c1-13(2)15-5-4-6-18(11-15)26-20-9-14(3)24-21(25-20)27-12-16-10-17(22)7-8-19(16)23/h4-11,13H,12H2,1-3H3. The zero-order valence-electron chi connectivity index (χ0n) is 15.4. The van der Waals surface area contributed by atoms with Crippen LogP contribution >= 0.6 is 11.8 Å². The van der Waals surface area contributed by atoms with Crippen LogP contribution in [0.25, 0.3) is 0 Å². The quantitative estimate of drug-likeness (QED) is 0.369. The second-order valence-electron chi connectivity index (χ2n) is 6.48. The maximum atomic E-state index is 13.8. The van der Waals surface area contributed by atoms with Gasteiger partial charge in [-0.2, -0.15) is 4.98 Å². The van der Waals surface area contributed by atoms with Gasteiger partial charge >= 0.3 is 0 Å². The van der Waals surface area contributed by atoms with Gasteiger partial charge < -0.3 is 4.74 Å². The Bertz CT molecular complexity index is 947. The lowest BCUT2D eigenvalue weighted by atomic mass is 10.0. The van der Waals surface area contributed by atoms with E-state index in [4.69, 9.17) is 4.74 Å². The summed E-state index contributed by atoms with van der Waals surface area (Å²) in [4.78, 5) is 8.73. The molecule has 27 heavy (non-hydrogen) atoms. The molecule has 0 radical (unpaired) electrons. The van der Waals surface area contributed by atoms with Crippen molar-refractivity contribution in [3.63, 3.8) is 0 Å². The Balaban J connectivity index is 1.76. The van der Waals surface area contributed by atoms with E-state index < -0.39 is 11.6 Å². The summed E-state index contributed by atoms with van der Waals surface area (Å²) in [6, 6.07) is 13.0. The number of halogens is 2. The highest BCUT2D eigenvalue weighted by Crippen LogP contribution is 2.27. The van der Waals surface area contributed by atoms with Crippen LogP contribution in [0.15, 0.2) is 53.7 Å².